The van der Waals surface area contributed by atoms with E-state index >= 15 is 0 Å². The fourth-order valence-corrected chi connectivity index (χ4v) is 1.69. The summed E-state index contributed by atoms with van der Waals surface area (Å²) in [6, 6.07) is 4.88. The summed E-state index contributed by atoms with van der Waals surface area (Å²) >= 11 is 0. The van der Waals surface area contributed by atoms with Crippen molar-refractivity contribution in [2.24, 2.45) is 22.2 Å². The Morgan fingerprint density at radius 2 is 2.10 bits per heavy atom. The smallest absolute Gasteiger partial charge is 0.173 e. The standard InChI is InChI=1S/C15H24FN3O/c1-10(2)15(3,4)9-18-8-11-6-5-7-12(13(11)16)14(17)19-20/h5-7,10,18,20H,8-9H2,1-4H3,(H2,17,19). The van der Waals surface area contributed by atoms with Crippen molar-refractivity contribution in [2.75, 3.05) is 6.54 Å². The number of nitrogens with two attached hydrogens (primary N) is 1. The molecule has 1 rings (SSSR count). The van der Waals surface area contributed by atoms with Crippen LogP contribution in [-0.2, 0) is 6.54 Å². The molecule has 112 valence electrons. The fourth-order valence-electron chi connectivity index (χ4n) is 1.69. The van der Waals surface area contributed by atoms with Gasteiger partial charge in [-0.25, -0.2) is 4.39 Å². The second kappa shape index (κ2) is 6.70. The molecule has 20 heavy (non-hydrogen) atoms. The lowest BCUT2D eigenvalue weighted by Gasteiger charge is -2.29. The molecule has 0 amide bonds. The minimum Gasteiger partial charge on any atom is -0.409 e. The molecule has 4 nitrogen and oxygen atoms in total. The number of halogens is 1. The van der Waals surface area contributed by atoms with E-state index in [2.05, 4.69) is 38.2 Å². The fraction of sp³-hybridized carbons (Fsp3) is 0.533. The average Bonchev–Trinajstić information content (AvgIpc) is 2.39. The SMILES string of the molecule is CC(C)C(C)(C)CNCc1cccc(/C(N)=N/O)c1F. The van der Waals surface area contributed by atoms with Crippen LogP contribution in [0.5, 0.6) is 0 Å². The van der Waals surface area contributed by atoms with Gasteiger partial charge in [0, 0.05) is 18.7 Å². The third-order valence-electron chi connectivity index (χ3n) is 3.92. The zero-order valence-corrected chi connectivity index (χ0v) is 12.6. The van der Waals surface area contributed by atoms with Crippen molar-refractivity contribution in [1.82, 2.24) is 5.32 Å². The van der Waals surface area contributed by atoms with E-state index in [1.165, 1.54) is 6.07 Å². The predicted octanol–water partition coefficient (Wildman–Crippen LogP) is 2.69. The largest absolute Gasteiger partial charge is 0.409 e. The van der Waals surface area contributed by atoms with E-state index in [0.29, 0.717) is 18.0 Å². The maximum atomic E-state index is 14.2. The number of nitrogens with zero attached hydrogens (tertiary/aromatic N) is 1. The van der Waals surface area contributed by atoms with E-state index in [-0.39, 0.29) is 16.8 Å². The lowest BCUT2D eigenvalue weighted by atomic mass is 9.81. The Balaban J connectivity index is 2.75. The quantitative estimate of drug-likeness (QED) is 0.325. The predicted molar refractivity (Wildman–Crippen MR) is 79.2 cm³/mol. The van der Waals surface area contributed by atoms with Crippen LogP contribution >= 0.6 is 0 Å². The molecule has 0 saturated carbocycles. The van der Waals surface area contributed by atoms with Crippen molar-refractivity contribution in [3.8, 4) is 0 Å². The Bertz CT molecular complexity index is 484. The molecule has 0 radical (unpaired) electrons. The summed E-state index contributed by atoms with van der Waals surface area (Å²) in [5.74, 6) is -0.132. The van der Waals surface area contributed by atoms with E-state index < -0.39 is 5.82 Å². The van der Waals surface area contributed by atoms with Gasteiger partial charge in [0.05, 0.1) is 5.56 Å². The van der Waals surface area contributed by atoms with Crippen molar-refractivity contribution in [1.29, 1.82) is 0 Å². The van der Waals surface area contributed by atoms with E-state index in [1.54, 1.807) is 12.1 Å². The zero-order chi connectivity index (χ0) is 15.3. The summed E-state index contributed by atoms with van der Waals surface area (Å²) in [6.45, 7) is 9.89. The van der Waals surface area contributed by atoms with Crippen LogP contribution in [0.25, 0.3) is 0 Å². The molecule has 0 heterocycles. The average molecular weight is 281 g/mol. The molecule has 0 aliphatic heterocycles. The van der Waals surface area contributed by atoms with Crippen molar-refractivity contribution < 1.29 is 9.60 Å². The number of hydrogen-bond acceptors (Lipinski definition) is 3. The van der Waals surface area contributed by atoms with Gasteiger partial charge in [-0.05, 0) is 17.4 Å². The number of hydrogen-bond donors (Lipinski definition) is 3. The van der Waals surface area contributed by atoms with Gasteiger partial charge in [0.15, 0.2) is 5.84 Å². The van der Waals surface area contributed by atoms with Crippen molar-refractivity contribution >= 4 is 5.84 Å². The second-order valence-corrected chi connectivity index (χ2v) is 6.01. The summed E-state index contributed by atoms with van der Waals surface area (Å²) < 4.78 is 14.2. The van der Waals surface area contributed by atoms with Crippen LogP contribution in [0, 0.1) is 17.2 Å². The third kappa shape index (κ3) is 3.93. The number of amidine groups is 1. The molecule has 0 aromatic heterocycles. The molecule has 1 aromatic carbocycles. The molecule has 0 unspecified atom stereocenters. The molecular formula is C15H24FN3O. The topological polar surface area (TPSA) is 70.6 Å². The minimum atomic E-state index is -0.447. The lowest BCUT2D eigenvalue weighted by molar-refractivity contribution is 0.237. The van der Waals surface area contributed by atoms with Crippen LogP contribution in [0.15, 0.2) is 23.4 Å². The van der Waals surface area contributed by atoms with Gasteiger partial charge >= 0.3 is 0 Å². The van der Waals surface area contributed by atoms with Crippen LogP contribution in [0.2, 0.25) is 0 Å². The highest BCUT2D eigenvalue weighted by Gasteiger charge is 2.21. The Morgan fingerprint density at radius 3 is 2.65 bits per heavy atom. The van der Waals surface area contributed by atoms with Gasteiger partial charge in [-0.3, -0.25) is 0 Å². The van der Waals surface area contributed by atoms with Crippen LogP contribution in [0.3, 0.4) is 0 Å². The highest BCUT2D eigenvalue weighted by Crippen LogP contribution is 2.24. The van der Waals surface area contributed by atoms with Gasteiger partial charge in [0.1, 0.15) is 5.82 Å². The molecule has 0 bridgehead atoms. The van der Waals surface area contributed by atoms with Crippen molar-refractivity contribution in [2.45, 2.75) is 34.2 Å². The molecule has 0 aliphatic rings. The van der Waals surface area contributed by atoms with Crippen molar-refractivity contribution in [3.63, 3.8) is 0 Å². The highest BCUT2D eigenvalue weighted by molar-refractivity contribution is 5.97. The molecule has 1 aromatic rings. The van der Waals surface area contributed by atoms with Gasteiger partial charge in [-0.1, -0.05) is 45.0 Å². The van der Waals surface area contributed by atoms with Crippen LogP contribution < -0.4 is 11.1 Å². The molecule has 5 heteroatoms. The first-order valence-electron chi connectivity index (χ1n) is 6.75. The van der Waals surface area contributed by atoms with Gasteiger partial charge in [-0.2, -0.15) is 0 Å². The number of benzene rings is 1. The van der Waals surface area contributed by atoms with Crippen LogP contribution in [0.1, 0.15) is 38.8 Å². The van der Waals surface area contributed by atoms with Crippen LogP contribution in [0.4, 0.5) is 4.39 Å². The summed E-state index contributed by atoms with van der Waals surface area (Å²) in [7, 11) is 0. The molecule has 0 spiro atoms. The van der Waals surface area contributed by atoms with E-state index in [4.69, 9.17) is 10.9 Å². The first-order chi connectivity index (χ1) is 9.29. The van der Waals surface area contributed by atoms with Gasteiger partial charge in [-0.15, -0.1) is 0 Å². The normalized spacial score (nSPS) is 13.0. The molecule has 0 aliphatic carbocycles. The van der Waals surface area contributed by atoms with E-state index in [1.807, 2.05) is 0 Å². The Labute approximate surface area is 119 Å². The van der Waals surface area contributed by atoms with E-state index in [9.17, 15) is 4.39 Å². The Hall–Kier alpha value is -1.62. The summed E-state index contributed by atoms with van der Waals surface area (Å²) in [5, 5.41) is 14.7. The molecule has 0 fully saturated rings. The summed E-state index contributed by atoms with van der Waals surface area (Å²) in [6.07, 6.45) is 0. The maximum Gasteiger partial charge on any atom is 0.173 e. The first kappa shape index (κ1) is 16.4. The third-order valence-corrected chi connectivity index (χ3v) is 3.92. The first-order valence-corrected chi connectivity index (χ1v) is 6.75. The molecule has 0 atom stereocenters. The van der Waals surface area contributed by atoms with E-state index in [0.717, 1.165) is 6.54 Å². The number of oxime groups is 1. The summed E-state index contributed by atoms with van der Waals surface area (Å²) in [4.78, 5) is 0. The zero-order valence-electron chi connectivity index (χ0n) is 12.6. The molecule has 0 saturated heterocycles. The van der Waals surface area contributed by atoms with Gasteiger partial charge in [0.2, 0.25) is 0 Å². The Morgan fingerprint density at radius 1 is 1.45 bits per heavy atom. The minimum absolute atomic E-state index is 0.120. The highest BCUT2D eigenvalue weighted by atomic mass is 19.1. The van der Waals surface area contributed by atoms with Crippen molar-refractivity contribution in [3.05, 3.63) is 35.1 Å². The molecular weight excluding hydrogens is 257 g/mol. The van der Waals surface area contributed by atoms with Gasteiger partial charge in [0.25, 0.3) is 0 Å². The lowest BCUT2D eigenvalue weighted by Crippen LogP contribution is -2.33. The van der Waals surface area contributed by atoms with Gasteiger partial charge < -0.3 is 16.3 Å². The maximum absolute atomic E-state index is 14.2. The second-order valence-electron chi connectivity index (χ2n) is 6.01. The Kier molecular flexibility index (Phi) is 5.51. The number of nitrogens with one attached hydrogen (secondary N) is 1. The number of rotatable bonds is 6. The van der Waals surface area contributed by atoms with Crippen LogP contribution in [-0.4, -0.2) is 17.6 Å². The monoisotopic (exact) mass is 281 g/mol. The molecule has 4 N–H and O–H groups in total. The summed E-state index contributed by atoms with van der Waals surface area (Å²) in [5.41, 5.74) is 6.21.